The van der Waals surface area contributed by atoms with E-state index in [-0.39, 0.29) is 17.7 Å². The van der Waals surface area contributed by atoms with Gasteiger partial charge in [-0.3, -0.25) is 9.59 Å². The Bertz CT molecular complexity index is 1090. The number of carbonyl (C=O) groups excluding carboxylic acids is 2. The average molecular weight is 449 g/mol. The van der Waals surface area contributed by atoms with E-state index in [1.54, 1.807) is 18.9 Å². The predicted octanol–water partition coefficient (Wildman–Crippen LogP) is 4.61. The number of ether oxygens (including phenoxy) is 1. The lowest BCUT2D eigenvalue weighted by atomic mass is 9.95. The number of nitrogens with zero attached hydrogens (tertiary/aromatic N) is 1. The van der Waals surface area contributed by atoms with Crippen molar-refractivity contribution in [2.45, 2.75) is 17.7 Å². The highest BCUT2D eigenvalue weighted by atomic mass is 32.2. The number of hydrogen-bond donors (Lipinski definition) is 1. The highest BCUT2D eigenvalue weighted by molar-refractivity contribution is 7.99. The van der Waals surface area contributed by atoms with Crippen molar-refractivity contribution < 1.29 is 14.3 Å². The number of methoxy groups -OCH3 is 1. The second-order valence-electron chi connectivity index (χ2n) is 7.90. The summed E-state index contributed by atoms with van der Waals surface area (Å²) in [5.41, 5.74) is 0.654. The molecule has 1 heterocycles. The minimum atomic E-state index is -0.168. The van der Waals surface area contributed by atoms with Crippen molar-refractivity contribution in [3.05, 3.63) is 72.3 Å². The van der Waals surface area contributed by atoms with Crippen molar-refractivity contribution in [3.8, 4) is 5.75 Å². The molecule has 5 nitrogen and oxygen atoms in total. The van der Waals surface area contributed by atoms with Crippen LogP contribution in [0.4, 0.5) is 0 Å². The standard InChI is InChI=1S/C26H28N2O3S/c1-31-24-14-13-23(21-11-5-6-12-22(21)24)26(30)28-16-7-8-19(18-28)25(29)27-15-17-32-20-9-3-2-4-10-20/h2-6,9-14,19H,7-8,15-18H2,1H3,(H,27,29). The molecular weight excluding hydrogens is 420 g/mol. The van der Waals surface area contributed by atoms with E-state index in [4.69, 9.17) is 4.74 Å². The Labute approximate surface area is 193 Å². The third-order valence-corrected chi connectivity index (χ3v) is 6.84. The summed E-state index contributed by atoms with van der Waals surface area (Å²) >= 11 is 1.73. The molecule has 3 aromatic carbocycles. The van der Waals surface area contributed by atoms with Gasteiger partial charge in [0.15, 0.2) is 0 Å². The number of rotatable bonds is 7. The average Bonchev–Trinajstić information content (AvgIpc) is 2.86. The molecule has 1 atom stereocenters. The molecule has 1 aliphatic heterocycles. The highest BCUT2D eigenvalue weighted by Gasteiger charge is 2.29. The molecule has 32 heavy (non-hydrogen) atoms. The Morgan fingerprint density at radius 2 is 1.78 bits per heavy atom. The molecule has 1 N–H and O–H groups in total. The molecule has 0 bridgehead atoms. The first-order valence-corrected chi connectivity index (χ1v) is 12.0. The molecule has 0 radical (unpaired) electrons. The molecule has 2 amide bonds. The van der Waals surface area contributed by atoms with Gasteiger partial charge in [-0.15, -0.1) is 11.8 Å². The van der Waals surface area contributed by atoms with Gasteiger partial charge in [0, 0.05) is 41.2 Å². The Hall–Kier alpha value is -2.99. The summed E-state index contributed by atoms with van der Waals surface area (Å²) in [6.45, 7) is 1.75. The quantitative estimate of drug-likeness (QED) is 0.424. The third-order valence-electron chi connectivity index (χ3n) is 5.83. The first kappa shape index (κ1) is 22.2. The lowest BCUT2D eigenvalue weighted by molar-refractivity contribution is -0.126. The maximum atomic E-state index is 13.3. The fourth-order valence-corrected chi connectivity index (χ4v) is 4.98. The van der Waals surface area contributed by atoms with Crippen molar-refractivity contribution in [1.29, 1.82) is 0 Å². The van der Waals surface area contributed by atoms with Gasteiger partial charge in [-0.25, -0.2) is 0 Å². The number of benzene rings is 3. The minimum Gasteiger partial charge on any atom is -0.496 e. The summed E-state index contributed by atoms with van der Waals surface area (Å²) in [6.07, 6.45) is 1.64. The molecule has 166 valence electrons. The molecule has 0 aliphatic carbocycles. The number of thioether (sulfide) groups is 1. The van der Waals surface area contributed by atoms with E-state index in [0.29, 0.717) is 25.2 Å². The van der Waals surface area contributed by atoms with E-state index < -0.39 is 0 Å². The third kappa shape index (κ3) is 5.07. The topological polar surface area (TPSA) is 58.6 Å². The normalized spacial score (nSPS) is 16.0. The number of carbonyl (C=O) groups is 2. The van der Waals surface area contributed by atoms with Crippen LogP contribution in [0.15, 0.2) is 71.6 Å². The van der Waals surface area contributed by atoms with Gasteiger partial charge >= 0.3 is 0 Å². The van der Waals surface area contributed by atoms with Crippen molar-refractivity contribution in [3.63, 3.8) is 0 Å². The van der Waals surface area contributed by atoms with E-state index in [1.807, 2.05) is 59.5 Å². The van der Waals surface area contributed by atoms with Gasteiger partial charge in [-0.1, -0.05) is 42.5 Å². The summed E-state index contributed by atoms with van der Waals surface area (Å²) in [7, 11) is 1.63. The number of nitrogens with one attached hydrogen (secondary N) is 1. The van der Waals surface area contributed by atoms with Gasteiger partial charge in [-0.2, -0.15) is 0 Å². The van der Waals surface area contributed by atoms with Crippen LogP contribution in [0, 0.1) is 5.92 Å². The maximum Gasteiger partial charge on any atom is 0.254 e. The number of amides is 2. The van der Waals surface area contributed by atoms with Crippen LogP contribution in [0.5, 0.6) is 5.75 Å². The van der Waals surface area contributed by atoms with Gasteiger partial charge in [0.05, 0.1) is 13.0 Å². The van der Waals surface area contributed by atoms with Crippen molar-refractivity contribution in [2.75, 3.05) is 32.5 Å². The van der Waals surface area contributed by atoms with Crippen molar-refractivity contribution in [2.24, 2.45) is 5.92 Å². The Morgan fingerprint density at radius 3 is 2.56 bits per heavy atom. The highest BCUT2D eigenvalue weighted by Crippen LogP contribution is 2.30. The Balaban J connectivity index is 1.37. The molecular formula is C26H28N2O3S. The lowest BCUT2D eigenvalue weighted by Crippen LogP contribution is -2.45. The van der Waals surface area contributed by atoms with Crippen molar-refractivity contribution in [1.82, 2.24) is 10.2 Å². The molecule has 6 heteroatoms. The molecule has 0 aromatic heterocycles. The SMILES string of the molecule is COc1ccc(C(=O)N2CCCC(C(=O)NCCSc3ccccc3)C2)c2ccccc12. The van der Waals surface area contributed by atoms with E-state index >= 15 is 0 Å². The summed E-state index contributed by atoms with van der Waals surface area (Å²) in [4.78, 5) is 29.1. The second kappa shape index (κ2) is 10.6. The van der Waals surface area contributed by atoms with Gasteiger partial charge in [0.2, 0.25) is 5.91 Å². The fourth-order valence-electron chi connectivity index (χ4n) is 4.19. The minimum absolute atomic E-state index is 0.0269. The zero-order valence-corrected chi connectivity index (χ0v) is 19.1. The van der Waals surface area contributed by atoms with Crippen LogP contribution >= 0.6 is 11.8 Å². The van der Waals surface area contributed by atoms with Crippen LogP contribution in [-0.2, 0) is 4.79 Å². The second-order valence-corrected chi connectivity index (χ2v) is 9.07. The molecule has 1 unspecified atom stereocenters. The molecule has 1 fully saturated rings. The van der Waals surface area contributed by atoms with Gasteiger partial charge in [-0.05, 0) is 42.5 Å². The fraction of sp³-hybridized carbons (Fsp3) is 0.308. The van der Waals surface area contributed by atoms with E-state index in [2.05, 4.69) is 17.4 Å². The summed E-state index contributed by atoms with van der Waals surface area (Å²) in [5, 5.41) is 4.85. The van der Waals surface area contributed by atoms with Crippen LogP contribution in [0.1, 0.15) is 23.2 Å². The zero-order valence-electron chi connectivity index (χ0n) is 18.3. The lowest BCUT2D eigenvalue weighted by Gasteiger charge is -2.32. The van der Waals surface area contributed by atoms with Crippen LogP contribution < -0.4 is 10.1 Å². The zero-order chi connectivity index (χ0) is 22.3. The van der Waals surface area contributed by atoms with Gasteiger partial charge < -0.3 is 15.0 Å². The van der Waals surface area contributed by atoms with Gasteiger partial charge in [0.1, 0.15) is 5.75 Å². The summed E-state index contributed by atoms with van der Waals surface area (Å²) in [6, 6.07) is 21.6. The summed E-state index contributed by atoms with van der Waals surface area (Å²) < 4.78 is 5.45. The number of piperidine rings is 1. The molecule has 3 aromatic rings. The number of fused-ring (bicyclic) bond motifs is 1. The van der Waals surface area contributed by atoms with E-state index in [9.17, 15) is 9.59 Å². The van der Waals surface area contributed by atoms with Crippen molar-refractivity contribution >= 4 is 34.3 Å². The largest absolute Gasteiger partial charge is 0.496 e. The molecule has 0 spiro atoms. The summed E-state index contributed by atoms with van der Waals surface area (Å²) in [5.74, 6) is 1.42. The number of hydrogen-bond acceptors (Lipinski definition) is 4. The van der Waals surface area contributed by atoms with Crippen LogP contribution in [0.25, 0.3) is 10.8 Å². The van der Waals surface area contributed by atoms with Crippen LogP contribution in [-0.4, -0.2) is 49.2 Å². The predicted molar refractivity (Wildman–Crippen MR) is 129 cm³/mol. The molecule has 1 aliphatic rings. The maximum absolute atomic E-state index is 13.3. The van der Waals surface area contributed by atoms with E-state index in [1.165, 1.54) is 4.90 Å². The Kier molecular flexibility index (Phi) is 7.32. The molecule has 4 rings (SSSR count). The van der Waals surface area contributed by atoms with Crippen LogP contribution in [0.2, 0.25) is 0 Å². The first-order valence-electron chi connectivity index (χ1n) is 11.0. The first-order chi connectivity index (χ1) is 15.7. The molecule has 1 saturated heterocycles. The van der Waals surface area contributed by atoms with Gasteiger partial charge in [0.25, 0.3) is 5.91 Å². The number of likely N-dealkylation sites (tertiary alicyclic amines) is 1. The van der Waals surface area contributed by atoms with Crippen LogP contribution in [0.3, 0.4) is 0 Å². The monoisotopic (exact) mass is 448 g/mol. The smallest absolute Gasteiger partial charge is 0.254 e. The Morgan fingerprint density at radius 1 is 1.03 bits per heavy atom. The molecule has 0 saturated carbocycles. The van der Waals surface area contributed by atoms with E-state index in [0.717, 1.165) is 35.1 Å².